The van der Waals surface area contributed by atoms with Crippen molar-refractivity contribution < 1.29 is 9.90 Å². The fourth-order valence-corrected chi connectivity index (χ4v) is 3.66. The predicted molar refractivity (Wildman–Crippen MR) is 127 cm³/mol. The van der Waals surface area contributed by atoms with Crippen molar-refractivity contribution in [2.24, 2.45) is 5.73 Å². The number of amides is 1. The molecule has 1 heterocycles. The molecule has 1 aromatic heterocycles. The summed E-state index contributed by atoms with van der Waals surface area (Å²) in [5.74, 6) is -0.285. The van der Waals surface area contributed by atoms with Crippen LogP contribution < -0.4 is 16.4 Å². The largest absolute Gasteiger partial charge is 0.392 e. The zero-order chi connectivity index (χ0) is 22.1. The van der Waals surface area contributed by atoms with Crippen LogP contribution in [0, 0.1) is 13.8 Å². The van der Waals surface area contributed by atoms with Crippen LogP contribution in [0.5, 0.6) is 0 Å². The highest BCUT2D eigenvalue weighted by Crippen LogP contribution is 2.35. The molecule has 0 unspecified atom stereocenters. The normalized spacial score (nSPS) is 12.2. The first kappa shape index (κ1) is 20.8. The van der Waals surface area contributed by atoms with Crippen LogP contribution >= 0.6 is 0 Å². The molecule has 1 amide bonds. The van der Waals surface area contributed by atoms with Crippen molar-refractivity contribution in [1.29, 1.82) is 0 Å². The highest BCUT2D eigenvalue weighted by molar-refractivity contribution is 6.09. The molecule has 0 aliphatic rings. The molecule has 4 rings (SSSR count). The highest BCUT2D eigenvalue weighted by atomic mass is 16.3. The van der Waals surface area contributed by atoms with E-state index in [9.17, 15) is 9.90 Å². The number of nitrogens with two attached hydrogens (primary N) is 1. The first-order valence-corrected chi connectivity index (χ1v) is 10.2. The summed E-state index contributed by atoms with van der Waals surface area (Å²) in [6.45, 7) is 5.64. The standard InChI is InChI=1S/C25H26N4O2/c1-14-8-9-21-23(15(14)2)29-22-7-5-4-6-20(22)24(21)27-18-10-17(13-30)11-19(12-18)28-25(31)16(3)26/h4-12,16,30H,13,26H2,1-3H3,(H,27,29)(H,28,31)/t16-/m0/s1. The van der Waals surface area contributed by atoms with E-state index < -0.39 is 6.04 Å². The molecule has 0 spiro atoms. The molecule has 3 aromatic carbocycles. The molecule has 0 saturated heterocycles. The quantitative estimate of drug-likeness (QED) is 0.360. The monoisotopic (exact) mass is 414 g/mol. The molecule has 0 fully saturated rings. The second kappa shape index (κ2) is 8.34. The van der Waals surface area contributed by atoms with E-state index in [1.54, 1.807) is 13.0 Å². The maximum atomic E-state index is 12.1. The number of pyridine rings is 1. The number of hydrogen-bond acceptors (Lipinski definition) is 5. The minimum atomic E-state index is -0.631. The zero-order valence-electron chi connectivity index (χ0n) is 17.9. The predicted octanol–water partition coefficient (Wildman–Crippen LogP) is 4.53. The zero-order valence-corrected chi connectivity index (χ0v) is 17.9. The maximum Gasteiger partial charge on any atom is 0.240 e. The molecule has 6 nitrogen and oxygen atoms in total. The van der Waals surface area contributed by atoms with Crippen molar-refractivity contribution in [2.75, 3.05) is 10.6 Å². The molecule has 5 N–H and O–H groups in total. The van der Waals surface area contributed by atoms with Crippen LogP contribution in [0.3, 0.4) is 0 Å². The lowest BCUT2D eigenvalue weighted by Gasteiger charge is -2.17. The summed E-state index contributed by atoms with van der Waals surface area (Å²) in [7, 11) is 0. The Morgan fingerprint density at radius 2 is 1.81 bits per heavy atom. The summed E-state index contributed by atoms with van der Waals surface area (Å²) in [4.78, 5) is 17.0. The topological polar surface area (TPSA) is 100 Å². The minimum Gasteiger partial charge on any atom is -0.392 e. The van der Waals surface area contributed by atoms with E-state index in [1.807, 2.05) is 36.4 Å². The summed E-state index contributed by atoms with van der Waals surface area (Å²) in [5, 5.41) is 18.1. The van der Waals surface area contributed by atoms with Crippen LogP contribution in [-0.4, -0.2) is 22.0 Å². The van der Waals surface area contributed by atoms with Gasteiger partial charge in [0.2, 0.25) is 5.91 Å². The van der Waals surface area contributed by atoms with E-state index in [0.29, 0.717) is 11.3 Å². The van der Waals surface area contributed by atoms with Crippen LogP contribution in [0.25, 0.3) is 21.8 Å². The van der Waals surface area contributed by atoms with Crippen molar-refractivity contribution in [1.82, 2.24) is 4.98 Å². The molecule has 1 atom stereocenters. The Kier molecular flexibility index (Phi) is 5.59. The number of nitrogens with zero attached hydrogens (tertiary/aromatic N) is 1. The fraction of sp³-hybridized carbons (Fsp3) is 0.200. The highest BCUT2D eigenvalue weighted by Gasteiger charge is 2.14. The van der Waals surface area contributed by atoms with Crippen LogP contribution in [0.2, 0.25) is 0 Å². The van der Waals surface area contributed by atoms with E-state index in [-0.39, 0.29) is 12.5 Å². The second-order valence-electron chi connectivity index (χ2n) is 7.89. The number of carbonyl (C=O) groups is 1. The third kappa shape index (κ3) is 4.08. The molecule has 0 aliphatic heterocycles. The smallest absolute Gasteiger partial charge is 0.240 e. The van der Waals surface area contributed by atoms with Gasteiger partial charge in [0.05, 0.1) is 29.4 Å². The summed E-state index contributed by atoms with van der Waals surface area (Å²) >= 11 is 0. The van der Waals surface area contributed by atoms with Crippen LogP contribution in [0.15, 0.2) is 54.6 Å². The van der Waals surface area contributed by atoms with Crippen molar-refractivity contribution in [3.8, 4) is 0 Å². The molecule has 0 saturated carbocycles. The van der Waals surface area contributed by atoms with Crippen molar-refractivity contribution in [3.63, 3.8) is 0 Å². The van der Waals surface area contributed by atoms with Gasteiger partial charge >= 0.3 is 0 Å². The van der Waals surface area contributed by atoms with Gasteiger partial charge in [-0.15, -0.1) is 0 Å². The number of carbonyl (C=O) groups excluding carboxylic acids is 1. The lowest BCUT2D eigenvalue weighted by atomic mass is 10.0. The van der Waals surface area contributed by atoms with Gasteiger partial charge in [-0.05, 0) is 61.7 Å². The number of benzene rings is 3. The molecule has 4 aromatic rings. The van der Waals surface area contributed by atoms with E-state index in [4.69, 9.17) is 10.7 Å². The van der Waals surface area contributed by atoms with Gasteiger partial charge in [0, 0.05) is 22.1 Å². The van der Waals surface area contributed by atoms with E-state index in [2.05, 4.69) is 36.6 Å². The second-order valence-corrected chi connectivity index (χ2v) is 7.89. The van der Waals surface area contributed by atoms with Gasteiger partial charge in [-0.25, -0.2) is 4.98 Å². The molecule has 6 heteroatoms. The molecule has 0 aliphatic carbocycles. The number of aliphatic hydroxyl groups excluding tert-OH is 1. The Labute approximate surface area is 181 Å². The van der Waals surface area contributed by atoms with Gasteiger partial charge < -0.3 is 21.5 Å². The Morgan fingerprint density at radius 1 is 1.06 bits per heavy atom. The van der Waals surface area contributed by atoms with Gasteiger partial charge in [-0.3, -0.25) is 4.79 Å². The van der Waals surface area contributed by atoms with Crippen LogP contribution in [0.1, 0.15) is 23.6 Å². The Balaban J connectivity index is 1.87. The molecule has 0 bridgehead atoms. The van der Waals surface area contributed by atoms with Gasteiger partial charge in [-0.1, -0.05) is 30.3 Å². The summed E-state index contributed by atoms with van der Waals surface area (Å²) in [6.07, 6.45) is 0. The van der Waals surface area contributed by atoms with E-state index >= 15 is 0 Å². The Hall–Kier alpha value is -3.48. The number of hydrogen-bond donors (Lipinski definition) is 4. The SMILES string of the molecule is Cc1ccc2c(Nc3cc(CO)cc(NC(=O)[C@H](C)N)c3)c3ccccc3nc2c1C. The number of aryl methyl sites for hydroxylation is 2. The molecule has 158 valence electrons. The van der Waals surface area contributed by atoms with Crippen molar-refractivity contribution >= 4 is 44.8 Å². The summed E-state index contributed by atoms with van der Waals surface area (Å²) in [5.41, 5.74) is 12.8. The average Bonchev–Trinajstić information content (AvgIpc) is 2.76. The first-order valence-electron chi connectivity index (χ1n) is 10.2. The van der Waals surface area contributed by atoms with Gasteiger partial charge in [0.1, 0.15) is 0 Å². The van der Waals surface area contributed by atoms with Crippen LogP contribution in [0.4, 0.5) is 17.1 Å². The fourth-order valence-electron chi connectivity index (χ4n) is 3.66. The van der Waals surface area contributed by atoms with Gasteiger partial charge in [0.25, 0.3) is 0 Å². The third-order valence-corrected chi connectivity index (χ3v) is 5.50. The number of fused-ring (bicyclic) bond motifs is 2. The van der Waals surface area contributed by atoms with Gasteiger partial charge in [0.15, 0.2) is 0 Å². The number of anilines is 3. The number of para-hydroxylation sites is 1. The number of rotatable bonds is 5. The molecule has 31 heavy (non-hydrogen) atoms. The van der Waals surface area contributed by atoms with Crippen molar-refractivity contribution in [2.45, 2.75) is 33.4 Å². The van der Waals surface area contributed by atoms with E-state index in [0.717, 1.165) is 38.7 Å². The number of aliphatic hydroxyl groups is 1. The van der Waals surface area contributed by atoms with E-state index in [1.165, 1.54) is 5.56 Å². The first-order chi connectivity index (χ1) is 14.9. The molecular formula is C25H26N4O2. The Morgan fingerprint density at radius 3 is 2.55 bits per heavy atom. The van der Waals surface area contributed by atoms with Gasteiger partial charge in [-0.2, -0.15) is 0 Å². The molecule has 0 radical (unpaired) electrons. The maximum absolute atomic E-state index is 12.1. The third-order valence-electron chi connectivity index (χ3n) is 5.50. The van der Waals surface area contributed by atoms with Crippen LogP contribution in [-0.2, 0) is 11.4 Å². The summed E-state index contributed by atoms with van der Waals surface area (Å²) < 4.78 is 0. The lowest BCUT2D eigenvalue weighted by Crippen LogP contribution is -2.32. The Bertz CT molecular complexity index is 1300. The minimum absolute atomic E-state index is 0.146. The molecular weight excluding hydrogens is 388 g/mol. The number of nitrogens with one attached hydrogen (secondary N) is 2. The lowest BCUT2D eigenvalue weighted by molar-refractivity contribution is -0.117. The van der Waals surface area contributed by atoms with Crippen molar-refractivity contribution in [3.05, 3.63) is 71.3 Å². The average molecular weight is 415 g/mol. The summed E-state index contributed by atoms with van der Waals surface area (Å²) in [6, 6.07) is 17.0. The number of aromatic nitrogens is 1.